The predicted octanol–water partition coefficient (Wildman–Crippen LogP) is 2.88. The molecule has 0 aromatic heterocycles. The van der Waals surface area contributed by atoms with Gasteiger partial charge in [0.1, 0.15) is 0 Å². The van der Waals surface area contributed by atoms with E-state index in [2.05, 4.69) is 34.9 Å². The molecule has 1 atom stereocenters. The van der Waals surface area contributed by atoms with Gasteiger partial charge in [0.2, 0.25) is 0 Å². The van der Waals surface area contributed by atoms with E-state index in [9.17, 15) is 0 Å². The fourth-order valence-electron chi connectivity index (χ4n) is 1.32. The lowest BCUT2D eigenvalue weighted by Gasteiger charge is -2.16. The van der Waals surface area contributed by atoms with Crippen molar-refractivity contribution in [2.24, 2.45) is 5.84 Å². The van der Waals surface area contributed by atoms with Crippen molar-refractivity contribution >= 4 is 34.2 Å². The topological polar surface area (TPSA) is 47.3 Å². The molecule has 1 unspecified atom stereocenters. The van der Waals surface area contributed by atoms with Crippen LogP contribution in [-0.2, 0) is 4.74 Å². The largest absolute Gasteiger partial charge is 0.379 e. The first-order valence-electron chi connectivity index (χ1n) is 5.17. The molecule has 0 aliphatic carbocycles. The lowest BCUT2D eigenvalue weighted by molar-refractivity contribution is 0.112. The van der Waals surface area contributed by atoms with Crippen molar-refractivity contribution < 1.29 is 4.74 Å². The second kappa shape index (κ2) is 7.45. The lowest BCUT2D eigenvalue weighted by atomic mass is 10.1. The number of rotatable bonds is 6. The monoisotopic (exact) mass is 354 g/mol. The van der Waals surface area contributed by atoms with Crippen molar-refractivity contribution in [1.29, 1.82) is 0 Å². The van der Waals surface area contributed by atoms with E-state index >= 15 is 0 Å². The van der Waals surface area contributed by atoms with Gasteiger partial charge in [-0.2, -0.15) is 0 Å². The van der Waals surface area contributed by atoms with Crippen molar-refractivity contribution in [2.75, 3.05) is 13.2 Å². The third-order valence-electron chi connectivity index (χ3n) is 2.18. The minimum Gasteiger partial charge on any atom is -0.379 e. The second-order valence-corrected chi connectivity index (χ2v) is 5.04. The van der Waals surface area contributed by atoms with Crippen LogP contribution in [0.3, 0.4) is 0 Å². The van der Waals surface area contributed by atoms with E-state index in [-0.39, 0.29) is 6.04 Å². The molecule has 5 heteroatoms. The molecule has 1 aromatic carbocycles. The second-order valence-electron chi connectivity index (χ2n) is 3.47. The average molecular weight is 355 g/mol. The van der Waals surface area contributed by atoms with Crippen LogP contribution in [0.5, 0.6) is 0 Å². The van der Waals surface area contributed by atoms with E-state index in [0.29, 0.717) is 6.61 Å². The molecular weight excluding hydrogens is 338 g/mol. The highest BCUT2D eigenvalue weighted by Gasteiger charge is 2.11. The Morgan fingerprint density at radius 1 is 1.56 bits per heavy atom. The summed E-state index contributed by atoms with van der Waals surface area (Å²) >= 11 is 8.26. The number of hydrazine groups is 1. The Hall–Kier alpha value is 0.120. The van der Waals surface area contributed by atoms with Gasteiger partial charge >= 0.3 is 0 Å². The summed E-state index contributed by atoms with van der Waals surface area (Å²) < 4.78 is 6.51. The van der Waals surface area contributed by atoms with Crippen molar-refractivity contribution in [1.82, 2.24) is 5.43 Å². The van der Waals surface area contributed by atoms with E-state index in [1.807, 2.05) is 18.2 Å². The van der Waals surface area contributed by atoms with Crippen LogP contribution in [0.2, 0.25) is 5.02 Å². The van der Waals surface area contributed by atoms with Crippen LogP contribution in [0.1, 0.15) is 24.9 Å². The van der Waals surface area contributed by atoms with Crippen LogP contribution in [0.15, 0.2) is 18.2 Å². The zero-order valence-corrected chi connectivity index (χ0v) is 12.1. The Bertz CT molecular complexity index is 336. The first kappa shape index (κ1) is 14.2. The van der Waals surface area contributed by atoms with E-state index < -0.39 is 0 Å². The SMILES string of the molecule is CCCOCC(NN)c1ccc(I)c(Cl)c1. The highest BCUT2D eigenvalue weighted by molar-refractivity contribution is 14.1. The molecule has 0 amide bonds. The Morgan fingerprint density at radius 2 is 2.31 bits per heavy atom. The summed E-state index contributed by atoms with van der Waals surface area (Å²) in [4.78, 5) is 0. The van der Waals surface area contributed by atoms with Crippen molar-refractivity contribution in [2.45, 2.75) is 19.4 Å². The number of hydrogen-bond acceptors (Lipinski definition) is 3. The van der Waals surface area contributed by atoms with Crippen molar-refractivity contribution in [3.8, 4) is 0 Å². The van der Waals surface area contributed by atoms with Crippen LogP contribution in [0.4, 0.5) is 0 Å². The van der Waals surface area contributed by atoms with Gasteiger partial charge in [-0.3, -0.25) is 11.3 Å². The Labute approximate surface area is 115 Å². The highest BCUT2D eigenvalue weighted by Crippen LogP contribution is 2.23. The molecular formula is C11H16ClIN2O. The minimum absolute atomic E-state index is 0.0129. The van der Waals surface area contributed by atoms with Crippen LogP contribution >= 0.6 is 34.2 Å². The quantitative estimate of drug-likeness (QED) is 0.357. The molecule has 90 valence electrons. The summed E-state index contributed by atoms with van der Waals surface area (Å²) in [6.45, 7) is 3.38. The molecule has 0 heterocycles. The Morgan fingerprint density at radius 3 is 2.88 bits per heavy atom. The number of nitrogens with two attached hydrogens (primary N) is 1. The summed E-state index contributed by atoms with van der Waals surface area (Å²) in [6, 6.07) is 5.89. The maximum absolute atomic E-state index is 6.06. The third kappa shape index (κ3) is 4.18. The standard InChI is InChI=1S/C11H16ClIN2O/c1-2-5-16-7-11(15-14)8-3-4-10(13)9(12)6-8/h3-4,6,11,15H,2,5,7,14H2,1H3. The highest BCUT2D eigenvalue weighted by atomic mass is 127. The molecule has 3 N–H and O–H groups in total. The van der Waals surface area contributed by atoms with E-state index in [0.717, 1.165) is 27.2 Å². The molecule has 0 saturated heterocycles. The smallest absolute Gasteiger partial charge is 0.0694 e. The molecule has 1 rings (SSSR count). The van der Waals surface area contributed by atoms with Gasteiger partial charge in [0.05, 0.1) is 17.7 Å². The molecule has 0 aliphatic heterocycles. The summed E-state index contributed by atoms with van der Waals surface area (Å²) in [6.07, 6.45) is 1.00. The molecule has 0 radical (unpaired) electrons. The van der Waals surface area contributed by atoms with Gasteiger partial charge < -0.3 is 4.74 Å². The van der Waals surface area contributed by atoms with Crippen LogP contribution < -0.4 is 11.3 Å². The van der Waals surface area contributed by atoms with Gasteiger partial charge in [-0.1, -0.05) is 24.6 Å². The van der Waals surface area contributed by atoms with Gasteiger partial charge in [0.25, 0.3) is 0 Å². The number of nitrogens with one attached hydrogen (secondary N) is 1. The summed E-state index contributed by atoms with van der Waals surface area (Å²) in [5.41, 5.74) is 3.78. The fraction of sp³-hybridized carbons (Fsp3) is 0.455. The number of benzene rings is 1. The average Bonchev–Trinajstić information content (AvgIpc) is 2.29. The normalized spacial score (nSPS) is 12.8. The zero-order valence-electron chi connectivity index (χ0n) is 9.17. The molecule has 0 fully saturated rings. The van der Waals surface area contributed by atoms with Gasteiger partial charge in [-0.05, 0) is 46.7 Å². The summed E-state index contributed by atoms with van der Waals surface area (Å²) in [7, 11) is 0. The fourth-order valence-corrected chi connectivity index (χ4v) is 1.84. The van der Waals surface area contributed by atoms with Gasteiger partial charge in [0.15, 0.2) is 0 Å². The molecule has 16 heavy (non-hydrogen) atoms. The lowest BCUT2D eigenvalue weighted by Crippen LogP contribution is -2.31. The number of ether oxygens (including phenoxy) is 1. The van der Waals surface area contributed by atoms with E-state index in [1.165, 1.54) is 0 Å². The van der Waals surface area contributed by atoms with Gasteiger partial charge in [0, 0.05) is 10.2 Å². The Balaban J connectivity index is 2.67. The minimum atomic E-state index is -0.0129. The van der Waals surface area contributed by atoms with Crippen LogP contribution in [-0.4, -0.2) is 13.2 Å². The number of halogens is 2. The first-order chi connectivity index (χ1) is 7.69. The van der Waals surface area contributed by atoms with Gasteiger partial charge in [-0.25, -0.2) is 0 Å². The molecule has 0 aliphatic rings. The van der Waals surface area contributed by atoms with Crippen LogP contribution in [0.25, 0.3) is 0 Å². The maximum Gasteiger partial charge on any atom is 0.0694 e. The molecule has 0 saturated carbocycles. The zero-order chi connectivity index (χ0) is 12.0. The van der Waals surface area contributed by atoms with E-state index in [1.54, 1.807) is 0 Å². The predicted molar refractivity (Wildman–Crippen MR) is 75.3 cm³/mol. The Kier molecular flexibility index (Phi) is 6.60. The molecule has 0 spiro atoms. The van der Waals surface area contributed by atoms with E-state index in [4.69, 9.17) is 22.2 Å². The first-order valence-corrected chi connectivity index (χ1v) is 6.63. The third-order valence-corrected chi connectivity index (χ3v) is 3.75. The summed E-state index contributed by atoms with van der Waals surface area (Å²) in [5.74, 6) is 5.50. The van der Waals surface area contributed by atoms with Gasteiger partial charge in [-0.15, -0.1) is 0 Å². The van der Waals surface area contributed by atoms with Crippen molar-refractivity contribution in [3.63, 3.8) is 0 Å². The van der Waals surface area contributed by atoms with Crippen LogP contribution in [0, 0.1) is 3.57 Å². The molecule has 3 nitrogen and oxygen atoms in total. The number of hydrogen-bond donors (Lipinski definition) is 2. The maximum atomic E-state index is 6.06. The van der Waals surface area contributed by atoms with Crippen molar-refractivity contribution in [3.05, 3.63) is 32.4 Å². The molecule has 1 aromatic rings. The summed E-state index contributed by atoms with van der Waals surface area (Å²) in [5, 5.41) is 0.744. The molecule has 0 bridgehead atoms.